The van der Waals surface area contributed by atoms with Crippen molar-refractivity contribution >= 4 is 21.8 Å². The molecule has 1 heterocycles. The van der Waals surface area contributed by atoms with E-state index in [2.05, 4.69) is 26.3 Å². The predicted molar refractivity (Wildman–Crippen MR) is 76.1 cm³/mol. The summed E-state index contributed by atoms with van der Waals surface area (Å²) in [6.45, 7) is 0.0814. The lowest BCUT2D eigenvalue weighted by Gasteiger charge is -2.11. The van der Waals surface area contributed by atoms with Gasteiger partial charge in [0.25, 0.3) is 0 Å². The summed E-state index contributed by atoms with van der Waals surface area (Å²) in [7, 11) is 1.74. The Balaban J connectivity index is 2.00. The first-order valence-corrected chi connectivity index (χ1v) is 6.72. The Bertz CT molecular complexity index is 629. The first-order valence-electron chi connectivity index (χ1n) is 5.93. The number of nitrogens with two attached hydrogens (primary N) is 1. The summed E-state index contributed by atoms with van der Waals surface area (Å²) < 4.78 is 15.8. The van der Waals surface area contributed by atoms with Crippen molar-refractivity contribution in [1.82, 2.24) is 15.1 Å². The molecule has 0 radical (unpaired) electrons. The Hall–Kier alpha value is -1.73. The topological polar surface area (TPSA) is 72.9 Å². The predicted octanol–water partition coefficient (Wildman–Crippen LogP) is 1.64. The zero-order valence-electron chi connectivity index (χ0n) is 10.8. The zero-order valence-corrected chi connectivity index (χ0v) is 12.4. The van der Waals surface area contributed by atoms with E-state index in [0.29, 0.717) is 11.1 Å². The molecule has 1 aromatic heterocycles. The fourth-order valence-electron chi connectivity index (χ4n) is 1.72. The van der Waals surface area contributed by atoms with Crippen LogP contribution in [0.3, 0.4) is 0 Å². The van der Waals surface area contributed by atoms with Gasteiger partial charge in [0.05, 0.1) is 6.20 Å². The fraction of sp³-hybridized carbons (Fsp3) is 0.231. The molecule has 5 nitrogen and oxygen atoms in total. The molecule has 2 rings (SSSR count). The van der Waals surface area contributed by atoms with Crippen molar-refractivity contribution in [3.63, 3.8) is 0 Å². The molecular formula is C13H14BrFN4O. The summed E-state index contributed by atoms with van der Waals surface area (Å²) in [5, 5.41) is 6.57. The lowest BCUT2D eigenvalue weighted by molar-refractivity contribution is -0.122. The van der Waals surface area contributed by atoms with Gasteiger partial charge in [0, 0.05) is 35.4 Å². The molecule has 0 aliphatic heterocycles. The highest BCUT2D eigenvalue weighted by molar-refractivity contribution is 9.10. The molecule has 0 bridgehead atoms. The van der Waals surface area contributed by atoms with E-state index >= 15 is 0 Å². The molecule has 2 aromatic rings. The molecule has 1 amide bonds. The quantitative estimate of drug-likeness (QED) is 0.888. The highest BCUT2D eigenvalue weighted by atomic mass is 79.9. The minimum absolute atomic E-state index is 0.0814. The maximum Gasteiger partial charge on any atom is 0.241 e. The Morgan fingerprint density at radius 1 is 1.60 bits per heavy atom. The van der Waals surface area contributed by atoms with Crippen molar-refractivity contribution in [2.45, 2.75) is 12.6 Å². The first-order chi connectivity index (χ1) is 9.47. The minimum atomic E-state index is -0.820. The van der Waals surface area contributed by atoms with Crippen LogP contribution in [0.4, 0.5) is 4.39 Å². The van der Waals surface area contributed by atoms with Crippen LogP contribution >= 0.6 is 15.9 Å². The van der Waals surface area contributed by atoms with Gasteiger partial charge in [0.1, 0.15) is 11.9 Å². The van der Waals surface area contributed by atoms with E-state index < -0.39 is 6.04 Å². The van der Waals surface area contributed by atoms with Gasteiger partial charge in [-0.15, -0.1) is 0 Å². The Morgan fingerprint density at radius 3 is 3.00 bits per heavy atom. The Labute approximate surface area is 124 Å². The van der Waals surface area contributed by atoms with Crippen molar-refractivity contribution in [1.29, 1.82) is 0 Å². The number of aromatic nitrogens is 2. The summed E-state index contributed by atoms with van der Waals surface area (Å²) in [6.07, 6.45) is 3.20. The van der Waals surface area contributed by atoms with Gasteiger partial charge in [-0.25, -0.2) is 4.39 Å². The van der Waals surface area contributed by atoms with Crippen LogP contribution in [0.5, 0.6) is 0 Å². The number of hydrogen-bond acceptors (Lipinski definition) is 3. The van der Waals surface area contributed by atoms with Gasteiger partial charge in [-0.05, 0) is 18.2 Å². The molecule has 3 N–H and O–H groups in total. The van der Waals surface area contributed by atoms with E-state index in [4.69, 9.17) is 5.73 Å². The summed E-state index contributed by atoms with van der Waals surface area (Å²) in [4.78, 5) is 11.9. The largest absolute Gasteiger partial charge is 0.350 e. The van der Waals surface area contributed by atoms with Crippen molar-refractivity contribution in [3.05, 3.63) is 52.0 Å². The van der Waals surface area contributed by atoms with Crippen LogP contribution in [0.25, 0.3) is 0 Å². The maximum atomic E-state index is 13.5. The van der Waals surface area contributed by atoms with Gasteiger partial charge in [0.15, 0.2) is 0 Å². The molecule has 20 heavy (non-hydrogen) atoms. The number of halogens is 2. The molecule has 0 fully saturated rings. The number of carbonyl (C=O) groups excluding carboxylic acids is 1. The molecule has 7 heteroatoms. The van der Waals surface area contributed by atoms with Crippen molar-refractivity contribution in [2.75, 3.05) is 0 Å². The van der Waals surface area contributed by atoms with Crippen molar-refractivity contribution in [2.24, 2.45) is 12.8 Å². The maximum absolute atomic E-state index is 13.5. The van der Waals surface area contributed by atoms with E-state index in [1.54, 1.807) is 30.1 Å². The molecule has 1 unspecified atom stereocenters. The van der Waals surface area contributed by atoms with Gasteiger partial charge in [0.2, 0.25) is 5.91 Å². The van der Waals surface area contributed by atoms with Gasteiger partial charge >= 0.3 is 0 Å². The molecule has 0 aliphatic carbocycles. The van der Waals surface area contributed by atoms with Crippen LogP contribution < -0.4 is 11.1 Å². The van der Waals surface area contributed by atoms with E-state index in [0.717, 1.165) is 4.47 Å². The lowest BCUT2D eigenvalue weighted by atomic mass is 10.1. The average Bonchev–Trinajstić information content (AvgIpc) is 2.85. The number of hydrogen-bond donors (Lipinski definition) is 2. The molecule has 0 saturated carbocycles. The molecule has 0 spiro atoms. The van der Waals surface area contributed by atoms with Crippen molar-refractivity contribution in [3.8, 4) is 0 Å². The lowest BCUT2D eigenvalue weighted by Crippen LogP contribution is -2.33. The highest BCUT2D eigenvalue weighted by Gasteiger charge is 2.17. The summed E-state index contributed by atoms with van der Waals surface area (Å²) >= 11 is 3.26. The summed E-state index contributed by atoms with van der Waals surface area (Å²) in [5.74, 6) is -0.749. The van der Waals surface area contributed by atoms with Crippen LogP contribution in [-0.4, -0.2) is 15.7 Å². The second kappa shape index (κ2) is 6.15. The smallest absolute Gasteiger partial charge is 0.241 e. The van der Waals surface area contributed by atoms with Crippen LogP contribution in [0.15, 0.2) is 35.1 Å². The summed E-state index contributed by atoms with van der Waals surface area (Å²) in [6, 6.07) is 3.73. The molecule has 1 atom stereocenters. The number of rotatable bonds is 4. The van der Waals surface area contributed by atoms with Crippen LogP contribution in [-0.2, 0) is 18.4 Å². The Morgan fingerprint density at radius 2 is 2.35 bits per heavy atom. The van der Waals surface area contributed by atoms with E-state index in [-0.39, 0.29) is 18.3 Å². The Kier molecular flexibility index (Phi) is 4.51. The number of nitrogens with zero attached hydrogens (tertiary/aromatic N) is 2. The van der Waals surface area contributed by atoms with E-state index in [1.807, 2.05) is 0 Å². The number of aryl methyl sites for hydroxylation is 1. The minimum Gasteiger partial charge on any atom is -0.350 e. The third-order valence-electron chi connectivity index (χ3n) is 2.83. The van der Waals surface area contributed by atoms with Gasteiger partial charge in [-0.3, -0.25) is 9.48 Å². The molecule has 106 valence electrons. The van der Waals surface area contributed by atoms with Crippen LogP contribution in [0.2, 0.25) is 0 Å². The van der Waals surface area contributed by atoms with Gasteiger partial charge in [-0.1, -0.05) is 15.9 Å². The molecule has 0 saturated heterocycles. The zero-order chi connectivity index (χ0) is 14.7. The van der Waals surface area contributed by atoms with Crippen LogP contribution in [0.1, 0.15) is 17.2 Å². The standard InChI is InChI=1S/C13H14BrFN4O/c1-19-7-9(6-18-19)12(16)13(20)17-5-8-4-10(14)2-3-11(8)15/h2-4,6-7,12H,5,16H2,1H3,(H,17,20). The molecule has 0 aliphatic rings. The van der Waals surface area contributed by atoms with Crippen molar-refractivity contribution < 1.29 is 9.18 Å². The number of benzene rings is 1. The van der Waals surface area contributed by atoms with E-state index in [1.165, 1.54) is 12.3 Å². The third kappa shape index (κ3) is 3.43. The van der Waals surface area contributed by atoms with Gasteiger partial charge < -0.3 is 11.1 Å². The second-order valence-corrected chi connectivity index (χ2v) is 5.29. The number of amides is 1. The first kappa shape index (κ1) is 14.7. The SMILES string of the molecule is Cn1cc(C(N)C(=O)NCc2cc(Br)ccc2F)cn1. The molecular weight excluding hydrogens is 327 g/mol. The monoisotopic (exact) mass is 340 g/mol. The van der Waals surface area contributed by atoms with Crippen LogP contribution in [0, 0.1) is 5.82 Å². The average molecular weight is 341 g/mol. The van der Waals surface area contributed by atoms with Gasteiger partial charge in [-0.2, -0.15) is 5.10 Å². The second-order valence-electron chi connectivity index (χ2n) is 4.38. The third-order valence-corrected chi connectivity index (χ3v) is 3.32. The van der Waals surface area contributed by atoms with E-state index in [9.17, 15) is 9.18 Å². The number of nitrogens with one attached hydrogen (secondary N) is 1. The molecule has 1 aromatic carbocycles. The fourth-order valence-corrected chi connectivity index (χ4v) is 2.13. The number of carbonyl (C=O) groups is 1. The normalized spacial score (nSPS) is 12.2. The summed E-state index contributed by atoms with van der Waals surface area (Å²) in [5.41, 5.74) is 6.82. The highest BCUT2D eigenvalue weighted by Crippen LogP contribution is 2.16.